The standard InChI is InChI=1S/C23H20BrN3O3/c24-18-9-7-16(8-10-18)20-19(21(28)17-5-2-1-3-6-17)22(29)23(30)27(20)13-4-12-26-14-11-25-15-26/h1-3,5-11,14-15,20,28H,4,12-13H2/t20-/m0/s1. The van der Waals surface area contributed by atoms with Crippen LogP contribution in [0.2, 0.25) is 0 Å². The van der Waals surface area contributed by atoms with Crippen LogP contribution in [0.3, 0.4) is 0 Å². The summed E-state index contributed by atoms with van der Waals surface area (Å²) in [7, 11) is 0. The first-order valence-corrected chi connectivity index (χ1v) is 10.4. The Bertz CT molecular complexity index is 1080. The van der Waals surface area contributed by atoms with Gasteiger partial charge in [0.05, 0.1) is 17.9 Å². The number of halogens is 1. The van der Waals surface area contributed by atoms with Gasteiger partial charge in [-0.15, -0.1) is 0 Å². The van der Waals surface area contributed by atoms with Crippen molar-refractivity contribution in [1.82, 2.24) is 14.5 Å². The van der Waals surface area contributed by atoms with Crippen molar-refractivity contribution < 1.29 is 14.7 Å². The zero-order chi connectivity index (χ0) is 21.1. The molecule has 1 aromatic heterocycles. The molecule has 1 N–H and O–H groups in total. The van der Waals surface area contributed by atoms with Crippen molar-refractivity contribution in [1.29, 1.82) is 0 Å². The van der Waals surface area contributed by atoms with Crippen molar-refractivity contribution in [2.24, 2.45) is 0 Å². The molecule has 7 heteroatoms. The Balaban J connectivity index is 1.72. The Labute approximate surface area is 182 Å². The molecule has 1 aliphatic rings. The minimum atomic E-state index is -0.660. The van der Waals surface area contributed by atoms with Crippen LogP contribution in [0.4, 0.5) is 0 Å². The number of nitrogens with zero attached hydrogens (tertiary/aromatic N) is 3. The predicted octanol–water partition coefficient (Wildman–Crippen LogP) is 4.16. The van der Waals surface area contributed by atoms with Gasteiger partial charge in [0.15, 0.2) is 0 Å². The highest BCUT2D eigenvalue weighted by atomic mass is 79.9. The molecule has 1 saturated heterocycles. The van der Waals surface area contributed by atoms with Crippen LogP contribution in [-0.4, -0.2) is 37.8 Å². The van der Waals surface area contributed by atoms with E-state index in [1.54, 1.807) is 41.7 Å². The number of amides is 1. The van der Waals surface area contributed by atoms with Crippen LogP contribution in [-0.2, 0) is 16.1 Å². The highest BCUT2D eigenvalue weighted by Gasteiger charge is 2.45. The Morgan fingerprint density at radius 1 is 1.03 bits per heavy atom. The number of carbonyl (C=O) groups excluding carboxylic acids is 2. The van der Waals surface area contributed by atoms with Gasteiger partial charge in [0.1, 0.15) is 5.76 Å². The number of ketones is 1. The van der Waals surface area contributed by atoms with Gasteiger partial charge in [0.25, 0.3) is 11.7 Å². The van der Waals surface area contributed by atoms with Gasteiger partial charge in [0, 0.05) is 35.5 Å². The second-order valence-electron chi connectivity index (χ2n) is 7.06. The second-order valence-corrected chi connectivity index (χ2v) is 7.98. The number of Topliss-reactive ketones (excluding diaryl/α,β-unsaturated/α-hetero) is 1. The number of rotatable bonds is 6. The summed E-state index contributed by atoms with van der Waals surface area (Å²) in [5, 5.41) is 10.9. The number of aliphatic hydroxyl groups is 1. The van der Waals surface area contributed by atoms with Crippen LogP contribution in [0, 0.1) is 0 Å². The molecule has 152 valence electrons. The van der Waals surface area contributed by atoms with Gasteiger partial charge in [-0.2, -0.15) is 0 Å². The summed E-state index contributed by atoms with van der Waals surface area (Å²) in [6, 6.07) is 15.7. The molecule has 0 aliphatic carbocycles. The Kier molecular flexibility index (Phi) is 5.81. The summed E-state index contributed by atoms with van der Waals surface area (Å²) >= 11 is 3.42. The Morgan fingerprint density at radius 3 is 2.43 bits per heavy atom. The maximum Gasteiger partial charge on any atom is 0.295 e. The number of hydrogen-bond acceptors (Lipinski definition) is 4. The van der Waals surface area contributed by atoms with Crippen LogP contribution in [0.15, 0.2) is 83.4 Å². The maximum absolute atomic E-state index is 12.9. The first-order chi connectivity index (χ1) is 14.6. The lowest BCUT2D eigenvalue weighted by Gasteiger charge is -2.25. The SMILES string of the molecule is O=C1C(=O)N(CCCn2ccnc2)[C@@H](c2ccc(Br)cc2)C1=C(O)c1ccccc1. The van der Waals surface area contributed by atoms with E-state index in [-0.39, 0.29) is 11.3 Å². The van der Waals surface area contributed by atoms with Gasteiger partial charge >= 0.3 is 0 Å². The third-order valence-electron chi connectivity index (χ3n) is 5.15. The van der Waals surface area contributed by atoms with Gasteiger partial charge in [-0.3, -0.25) is 9.59 Å². The molecule has 0 unspecified atom stereocenters. The fourth-order valence-electron chi connectivity index (χ4n) is 3.70. The molecule has 1 aliphatic heterocycles. The number of aryl methyl sites for hydroxylation is 1. The number of likely N-dealkylation sites (tertiary alicyclic amines) is 1. The lowest BCUT2D eigenvalue weighted by Crippen LogP contribution is -2.31. The van der Waals surface area contributed by atoms with Crippen molar-refractivity contribution in [3.63, 3.8) is 0 Å². The molecule has 0 spiro atoms. The van der Waals surface area contributed by atoms with Crippen LogP contribution >= 0.6 is 15.9 Å². The summed E-state index contributed by atoms with van der Waals surface area (Å²) in [5.41, 5.74) is 1.41. The van der Waals surface area contributed by atoms with E-state index in [2.05, 4.69) is 20.9 Å². The molecule has 1 fully saturated rings. The molecule has 4 rings (SSSR count). The van der Waals surface area contributed by atoms with E-state index in [1.165, 1.54) is 0 Å². The Morgan fingerprint density at radius 2 is 1.77 bits per heavy atom. The molecular formula is C23H20BrN3O3. The first kappa shape index (κ1) is 20.1. The second kappa shape index (κ2) is 8.67. The average molecular weight is 466 g/mol. The van der Waals surface area contributed by atoms with E-state index in [9.17, 15) is 14.7 Å². The van der Waals surface area contributed by atoms with Gasteiger partial charge in [-0.05, 0) is 24.1 Å². The van der Waals surface area contributed by atoms with Crippen LogP contribution in [0.25, 0.3) is 5.76 Å². The van der Waals surface area contributed by atoms with E-state index >= 15 is 0 Å². The zero-order valence-electron chi connectivity index (χ0n) is 16.1. The minimum Gasteiger partial charge on any atom is -0.507 e. The first-order valence-electron chi connectivity index (χ1n) is 9.61. The Hall–Kier alpha value is -3.19. The van der Waals surface area contributed by atoms with Gasteiger partial charge in [-0.1, -0.05) is 58.4 Å². The van der Waals surface area contributed by atoms with E-state index in [1.807, 2.05) is 41.1 Å². The highest BCUT2D eigenvalue weighted by molar-refractivity contribution is 9.10. The van der Waals surface area contributed by atoms with Crippen molar-refractivity contribution in [3.8, 4) is 0 Å². The third kappa shape index (κ3) is 3.93. The lowest BCUT2D eigenvalue weighted by molar-refractivity contribution is -0.139. The summed E-state index contributed by atoms with van der Waals surface area (Å²) in [6.07, 6.45) is 5.93. The highest BCUT2D eigenvalue weighted by Crippen LogP contribution is 2.39. The molecule has 1 amide bonds. The predicted molar refractivity (Wildman–Crippen MR) is 116 cm³/mol. The number of benzene rings is 2. The molecule has 2 heterocycles. The molecule has 3 aromatic rings. The number of carbonyl (C=O) groups is 2. The van der Waals surface area contributed by atoms with Crippen molar-refractivity contribution >= 4 is 33.4 Å². The fourth-order valence-corrected chi connectivity index (χ4v) is 3.96. The van der Waals surface area contributed by atoms with Crippen LogP contribution < -0.4 is 0 Å². The summed E-state index contributed by atoms with van der Waals surface area (Å²) in [5.74, 6) is -1.41. The topological polar surface area (TPSA) is 75.4 Å². The summed E-state index contributed by atoms with van der Waals surface area (Å²) in [6.45, 7) is 1.06. The molecule has 30 heavy (non-hydrogen) atoms. The van der Waals surface area contributed by atoms with Crippen molar-refractivity contribution in [3.05, 3.63) is 94.5 Å². The molecular weight excluding hydrogens is 446 g/mol. The molecule has 0 bridgehead atoms. The van der Waals surface area contributed by atoms with Gasteiger partial charge in [-0.25, -0.2) is 4.98 Å². The van der Waals surface area contributed by atoms with Crippen LogP contribution in [0.5, 0.6) is 0 Å². The third-order valence-corrected chi connectivity index (χ3v) is 5.68. The van der Waals surface area contributed by atoms with Crippen molar-refractivity contribution in [2.45, 2.75) is 19.0 Å². The number of aromatic nitrogens is 2. The van der Waals surface area contributed by atoms with E-state index in [4.69, 9.17) is 0 Å². The number of imidazole rings is 1. The van der Waals surface area contributed by atoms with E-state index < -0.39 is 17.7 Å². The largest absolute Gasteiger partial charge is 0.507 e. The molecule has 6 nitrogen and oxygen atoms in total. The monoisotopic (exact) mass is 465 g/mol. The quantitative estimate of drug-likeness (QED) is 0.337. The van der Waals surface area contributed by atoms with E-state index in [0.717, 1.165) is 10.0 Å². The van der Waals surface area contributed by atoms with Crippen LogP contribution in [0.1, 0.15) is 23.6 Å². The number of hydrogen-bond donors (Lipinski definition) is 1. The zero-order valence-corrected chi connectivity index (χ0v) is 17.7. The molecule has 0 radical (unpaired) electrons. The normalized spacial score (nSPS) is 18.2. The lowest BCUT2D eigenvalue weighted by atomic mass is 9.95. The molecule has 1 atom stereocenters. The smallest absolute Gasteiger partial charge is 0.295 e. The minimum absolute atomic E-state index is 0.121. The number of aliphatic hydroxyl groups excluding tert-OH is 1. The molecule has 2 aromatic carbocycles. The average Bonchev–Trinajstić information content (AvgIpc) is 3.37. The molecule has 0 saturated carbocycles. The maximum atomic E-state index is 12.9. The summed E-state index contributed by atoms with van der Waals surface area (Å²) < 4.78 is 2.82. The van der Waals surface area contributed by atoms with Gasteiger partial charge in [0.2, 0.25) is 0 Å². The van der Waals surface area contributed by atoms with E-state index in [0.29, 0.717) is 25.1 Å². The van der Waals surface area contributed by atoms with Gasteiger partial charge < -0.3 is 14.6 Å². The summed E-state index contributed by atoms with van der Waals surface area (Å²) in [4.78, 5) is 31.4. The van der Waals surface area contributed by atoms with Crippen molar-refractivity contribution in [2.75, 3.05) is 6.54 Å². The fraction of sp³-hybridized carbons (Fsp3) is 0.174.